The van der Waals surface area contributed by atoms with E-state index in [2.05, 4.69) is 10.6 Å². The molecule has 36 heavy (non-hydrogen) atoms. The Hall–Kier alpha value is -3.86. The molecule has 188 valence electrons. The standard InChI is InChI=1S/C24H15ClF7N3O/c25-17-3-1-2-4-19(17)35-20(12-21(33)24(30,31)32)13-5-7-14(8-6-13)22(36)34-15-9-10-18(26)16(11-15)23(27,28)29/h1-12,33,35H,(H,34,36)/b20-12-,33-21?. The Morgan fingerprint density at radius 2 is 1.47 bits per heavy atom. The highest BCUT2D eigenvalue weighted by molar-refractivity contribution is 6.33. The van der Waals surface area contributed by atoms with Crippen LogP contribution in [0.5, 0.6) is 0 Å². The molecule has 0 bridgehead atoms. The molecule has 3 N–H and O–H groups in total. The van der Waals surface area contributed by atoms with Crippen molar-refractivity contribution in [1.82, 2.24) is 0 Å². The van der Waals surface area contributed by atoms with Gasteiger partial charge in [-0.15, -0.1) is 0 Å². The fourth-order valence-corrected chi connectivity index (χ4v) is 3.13. The van der Waals surface area contributed by atoms with Gasteiger partial charge in [0.1, 0.15) is 11.5 Å². The molecule has 0 aliphatic carbocycles. The number of carbonyl (C=O) groups is 1. The van der Waals surface area contributed by atoms with E-state index in [0.717, 1.165) is 6.07 Å². The maximum atomic E-state index is 13.5. The molecule has 0 heterocycles. The second-order valence-electron chi connectivity index (χ2n) is 7.30. The summed E-state index contributed by atoms with van der Waals surface area (Å²) in [5.41, 5.74) is -3.28. The Kier molecular flexibility index (Phi) is 7.73. The predicted molar refractivity (Wildman–Crippen MR) is 123 cm³/mol. The summed E-state index contributed by atoms with van der Waals surface area (Å²) in [6.07, 6.45) is -9.33. The van der Waals surface area contributed by atoms with E-state index in [1.165, 1.54) is 36.4 Å². The highest BCUT2D eigenvalue weighted by Gasteiger charge is 2.34. The lowest BCUT2D eigenvalue weighted by molar-refractivity contribution is -0.139. The van der Waals surface area contributed by atoms with Crippen LogP contribution in [-0.4, -0.2) is 17.8 Å². The minimum absolute atomic E-state index is 0.0420. The molecule has 3 aromatic carbocycles. The van der Waals surface area contributed by atoms with E-state index in [4.69, 9.17) is 17.0 Å². The number of rotatable bonds is 6. The Bertz CT molecular complexity index is 1320. The van der Waals surface area contributed by atoms with Crippen LogP contribution in [0, 0.1) is 11.2 Å². The molecular weight excluding hydrogens is 515 g/mol. The number of alkyl halides is 6. The second-order valence-corrected chi connectivity index (χ2v) is 7.71. The van der Waals surface area contributed by atoms with Crippen molar-refractivity contribution in [3.8, 4) is 0 Å². The molecule has 3 rings (SSSR count). The number of hydrogen-bond donors (Lipinski definition) is 3. The first-order valence-corrected chi connectivity index (χ1v) is 10.3. The number of allylic oxidation sites excluding steroid dienone is 1. The van der Waals surface area contributed by atoms with E-state index in [0.29, 0.717) is 18.2 Å². The Morgan fingerprint density at radius 3 is 2.06 bits per heavy atom. The van der Waals surface area contributed by atoms with Gasteiger partial charge < -0.3 is 10.6 Å². The van der Waals surface area contributed by atoms with Gasteiger partial charge in [-0.2, -0.15) is 26.3 Å². The molecule has 0 radical (unpaired) electrons. The van der Waals surface area contributed by atoms with Crippen molar-refractivity contribution in [2.45, 2.75) is 12.4 Å². The zero-order chi connectivity index (χ0) is 26.7. The first-order valence-electron chi connectivity index (χ1n) is 9.93. The van der Waals surface area contributed by atoms with Crippen molar-refractivity contribution in [2.24, 2.45) is 0 Å². The average Bonchev–Trinajstić information content (AvgIpc) is 2.80. The molecule has 1 amide bonds. The number of carbonyl (C=O) groups excluding carboxylic acids is 1. The molecule has 0 fully saturated rings. The first-order chi connectivity index (χ1) is 16.8. The fraction of sp³-hybridized carbons (Fsp3) is 0.0833. The molecule has 0 aliphatic heterocycles. The summed E-state index contributed by atoms with van der Waals surface area (Å²) in [6.45, 7) is 0. The first kappa shape index (κ1) is 26.7. The van der Waals surface area contributed by atoms with Gasteiger partial charge in [0.05, 0.1) is 16.3 Å². The third-order valence-corrected chi connectivity index (χ3v) is 5.05. The number of benzene rings is 3. The molecule has 0 saturated carbocycles. The summed E-state index contributed by atoms with van der Waals surface area (Å²) >= 11 is 6.06. The smallest absolute Gasteiger partial charge is 0.354 e. The molecule has 0 aromatic heterocycles. The van der Waals surface area contributed by atoms with Gasteiger partial charge in [-0.25, -0.2) is 4.39 Å². The van der Waals surface area contributed by atoms with E-state index < -0.39 is 35.4 Å². The lowest BCUT2D eigenvalue weighted by atomic mass is 10.1. The van der Waals surface area contributed by atoms with Crippen molar-refractivity contribution in [2.75, 3.05) is 10.6 Å². The highest BCUT2D eigenvalue weighted by atomic mass is 35.5. The summed E-state index contributed by atoms with van der Waals surface area (Å²) < 4.78 is 91.1. The van der Waals surface area contributed by atoms with Crippen LogP contribution in [0.4, 0.5) is 42.1 Å². The van der Waals surface area contributed by atoms with Crippen molar-refractivity contribution in [3.63, 3.8) is 0 Å². The summed E-state index contributed by atoms with van der Waals surface area (Å²) in [6, 6.07) is 13.2. The molecule has 0 atom stereocenters. The van der Waals surface area contributed by atoms with Crippen LogP contribution in [0.25, 0.3) is 5.70 Å². The normalized spacial score (nSPS) is 12.3. The summed E-state index contributed by atoms with van der Waals surface area (Å²) in [5, 5.41) is 12.4. The molecule has 0 saturated heterocycles. The van der Waals surface area contributed by atoms with E-state index in [1.807, 2.05) is 0 Å². The lowest BCUT2D eigenvalue weighted by Gasteiger charge is -2.15. The molecule has 0 spiro atoms. The van der Waals surface area contributed by atoms with Gasteiger partial charge in [-0.1, -0.05) is 35.9 Å². The zero-order valence-corrected chi connectivity index (χ0v) is 18.6. The largest absolute Gasteiger partial charge is 0.432 e. The van der Waals surface area contributed by atoms with Crippen LogP contribution in [-0.2, 0) is 6.18 Å². The molecule has 0 aliphatic rings. The minimum Gasteiger partial charge on any atom is -0.354 e. The van der Waals surface area contributed by atoms with Crippen LogP contribution in [0.1, 0.15) is 21.5 Å². The molecular formula is C24H15ClF7N3O. The molecule has 3 aromatic rings. The third-order valence-electron chi connectivity index (χ3n) is 4.72. The van der Waals surface area contributed by atoms with Gasteiger partial charge in [-0.3, -0.25) is 10.2 Å². The predicted octanol–water partition coefficient (Wildman–Crippen LogP) is 7.79. The number of anilines is 2. The van der Waals surface area contributed by atoms with Crippen molar-refractivity contribution < 1.29 is 35.5 Å². The van der Waals surface area contributed by atoms with Gasteiger partial charge in [-0.05, 0) is 54.1 Å². The monoisotopic (exact) mass is 529 g/mol. The summed E-state index contributed by atoms with van der Waals surface area (Å²) in [4.78, 5) is 12.5. The number of nitrogens with one attached hydrogen (secondary N) is 3. The molecule has 0 unspecified atom stereocenters. The zero-order valence-electron chi connectivity index (χ0n) is 17.9. The maximum Gasteiger partial charge on any atom is 0.432 e. The van der Waals surface area contributed by atoms with Crippen LogP contribution in [0.3, 0.4) is 0 Å². The van der Waals surface area contributed by atoms with Gasteiger partial charge in [0, 0.05) is 16.9 Å². The number of para-hydroxylation sites is 1. The highest BCUT2D eigenvalue weighted by Crippen LogP contribution is 2.33. The topological polar surface area (TPSA) is 65.0 Å². The van der Waals surface area contributed by atoms with E-state index in [-0.39, 0.29) is 33.2 Å². The summed E-state index contributed by atoms with van der Waals surface area (Å²) in [7, 11) is 0. The SMILES string of the molecule is N=C(/C=C(\Nc1ccccc1Cl)c1ccc(C(=O)Nc2ccc(F)c(C(F)(F)F)c2)cc1)C(F)(F)F. The Balaban J connectivity index is 1.87. The van der Waals surface area contributed by atoms with Gasteiger partial charge in [0.2, 0.25) is 0 Å². The van der Waals surface area contributed by atoms with Crippen molar-refractivity contribution in [3.05, 3.63) is 100 Å². The van der Waals surface area contributed by atoms with Gasteiger partial charge in [0.25, 0.3) is 5.91 Å². The van der Waals surface area contributed by atoms with Crippen molar-refractivity contribution in [1.29, 1.82) is 5.41 Å². The maximum absolute atomic E-state index is 13.5. The second kappa shape index (κ2) is 10.4. The average molecular weight is 530 g/mol. The van der Waals surface area contributed by atoms with Crippen molar-refractivity contribution >= 4 is 40.3 Å². The number of halogens is 8. The van der Waals surface area contributed by atoms with Crippen LogP contribution in [0.15, 0.2) is 72.8 Å². The minimum atomic E-state index is -4.96. The summed E-state index contributed by atoms with van der Waals surface area (Å²) in [5.74, 6) is -2.34. The number of amides is 1. The Morgan fingerprint density at radius 1 is 0.861 bits per heavy atom. The quantitative estimate of drug-likeness (QED) is 0.225. The van der Waals surface area contributed by atoms with E-state index in [1.54, 1.807) is 12.1 Å². The van der Waals surface area contributed by atoms with Crippen LogP contribution >= 0.6 is 11.6 Å². The number of hydrogen-bond acceptors (Lipinski definition) is 3. The van der Waals surface area contributed by atoms with Gasteiger partial charge >= 0.3 is 12.4 Å². The Labute approximate surface area is 204 Å². The van der Waals surface area contributed by atoms with E-state index in [9.17, 15) is 35.5 Å². The van der Waals surface area contributed by atoms with Crippen LogP contribution < -0.4 is 10.6 Å². The fourth-order valence-electron chi connectivity index (χ4n) is 2.95. The van der Waals surface area contributed by atoms with E-state index >= 15 is 0 Å². The molecule has 12 heteroatoms. The lowest BCUT2D eigenvalue weighted by Crippen LogP contribution is -2.20. The van der Waals surface area contributed by atoms with Crippen LogP contribution in [0.2, 0.25) is 5.02 Å². The molecule has 4 nitrogen and oxygen atoms in total. The third kappa shape index (κ3) is 6.63. The van der Waals surface area contributed by atoms with Gasteiger partial charge in [0.15, 0.2) is 0 Å².